The number of allylic oxidation sites excluding steroid dienone is 2. The molecule has 5 heteroatoms. The molecule has 27 heavy (non-hydrogen) atoms. The van der Waals surface area contributed by atoms with Crippen LogP contribution in [0.2, 0.25) is 0 Å². The Kier molecular flexibility index (Phi) is 6.91. The number of rotatable bonds is 5. The van der Waals surface area contributed by atoms with E-state index >= 15 is 0 Å². The second-order valence-corrected chi connectivity index (χ2v) is 7.39. The summed E-state index contributed by atoms with van der Waals surface area (Å²) >= 11 is 0. The minimum Gasteiger partial charge on any atom is -0.497 e. The van der Waals surface area contributed by atoms with Gasteiger partial charge in [0.15, 0.2) is 0 Å². The van der Waals surface area contributed by atoms with E-state index < -0.39 is 0 Å². The molecule has 5 nitrogen and oxygen atoms in total. The third kappa shape index (κ3) is 5.34. The van der Waals surface area contributed by atoms with Gasteiger partial charge in [-0.15, -0.1) is 0 Å². The van der Waals surface area contributed by atoms with Crippen LogP contribution >= 0.6 is 0 Å². The van der Waals surface area contributed by atoms with Crippen molar-refractivity contribution in [3.05, 3.63) is 42.0 Å². The van der Waals surface area contributed by atoms with Gasteiger partial charge in [0.25, 0.3) is 0 Å². The largest absolute Gasteiger partial charge is 0.497 e. The van der Waals surface area contributed by atoms with Crippen LogP contribution in [0.3, 0.4) is 0 Å². The number of amides is 2. The topological polar surface area (TPSA) is 49.9 Å². The van der Waals surface area contributed by atoms with Crippen molar-refractivity contribution in [2.45, 2.75) is 38.5 Å². The summed E-state index contributed by atoms with van der Waals surface area (Å²) in [5, 5.41) is 0. The Morgan fingerprint density at radius 1 is 1.04 bits per heavy atom. The monoisotopic (exact) mass is 370 g/mol. The van der Waals surface area contributed by atoms with Crippen LogP contribution in [0.4, 0.5) is 0 Å². The summed E-state index contributed by atoms with van der Waals surface area (Å²) in [6.07, 6.45) is 9.21. The average molecular weight is 370 g/mol. The van der Waals surface area contributed by atoms with Crippen LogP contribution in [0.25, 0.3) is 0 Å². The quantitative estimate of drug-likeness (QED) is 0.749. The highest BCUT2D eigenvalue weighted by atomic mass is 16.5. The summed E-state index contributed by atoms with van der Waals surface area (Å²) in [7, 11) is 1.65. The number of aryl methyl sites for hydroxylation is 1. The summed E-state index contributed by atoms with van der Waals surface area (Å²) in [5.74, 6) is 1.41. The molecule has 1 aromatic carbocycles. The molecular weight excluding hydrogens is 340 g/mol. The third-order valence-electron chi connectivity index (χ3n) is 5.57. The molecule has 0 bridgehead atoms. The minimum absolute atomic E-state index is 0.132. The van der Waals surface area contributed by atoms with Crippen molar-refractivity contribution in [2.24, 2.45) is 5.92 Å². The molecule has 3 rings (SSSR count). The van der Waals surface area contributed by atoms with Gasteiger partial charge in [-0.2, -0.15) is 0 Å². The van der Waals surface area contributed by atoms with E-state index in [1.165, 1.54) is 0 Å². The first-order valence-corrected chi connectivity index (χ1v) is 10.0. The highest BCUT2D eigenvalue weighted by Crippen LogP contribution is 2.21. The van der Waals surface area contributed by atoms with Gasteiger partial charge in [-0.3, -0.25) is 9.59 Å². The number of hydrogen-bond donors (Lipinski definition) is 0. The van der Waals surface area contributed by atoms with Crippen LogP contribution in [0, 0.1) is 5.92 Å². The van der Waals surface area contributed by atoms with Gasteiger partial charge in [-0.25, -0.2) is 0 Å². The highest BCUT2D eigenvalue weighted by molar-refractivity contribution is 5.80. The van der Waals surface area contributed by atoms with Crippen LogP contribution in [0.5, 0.6) is 5.75 Å². The molecule has 1 aliphatic carbocycles. The van der Waals surface area contributed by atoms with E-state index in [4.69, 9.17) is 4.74 Å². The number of hydrogen-bond acceptors (Lipinski definition) is 3. The molecule has 0 saturated carbocycles. The van der Waals surface area contributed by atoms with Gasteiger partial charge in [0.1, 0.15) is 5.75 Å². The fraction of sp³-hybridized carbons (Fsp3) is 0.545. The maximum Gasteiger partial charge on any atom is 0.226 e. The van der Waals surface area contributed by atoms with Gasteiger partial charge < -0.3 is 14.5 Å². The Morgan fingerprint density at radius 3 is 2.48 bits per heavy atom. The fourth-order valence-electron chi connectivity index (χ4n) is 3.86. The lowest BCUT2D eigenvalue weighted by Gasteiger charge is -2.27. The van der Waals surface area contributed by atoms with E-state index in [9.17, 15) is 9.59 Å². The Bertz CT molecular complexity index is 669. The molecule has 0 unspecified atom stereocenters. The van der Waals surface area contributed by atoms with E-state index in [1.807, 2.05) is 34.1 Å². The van der Waals surface area contributed by atoms with Crippen LogP contribution in [0.15, 0.2) is 36.4 Å². The molecule has 0 aromatic heterocycles. The zero-order chi connectivity index (χ0) is 19.1. The predicted molar refractivity (Wildman–Crippen MR) is 106 cm³/mol. The predicted octanol–water partition coefficient (Wildman–Crippen LogP) is 3.05. The van der Waals surface area contributed by atoms with Crippen LogP contribution in [0.1, 0.15) is 37.7 Å². The zero-order valence-electron chi connectivity index (χ0n) is 16.2. The lowest BCUT2D eigenvalue weighted by atomic mass is 9.93. The van der Waals surface area contributed by atoms with Gasteiger partial charge in [-0.1, -0.05) is 24.3 Å². The van der Waals surface area contributed by atoms with E-state index in [0.717, 1.165) is 56.5 Å². The Morgan fingerprint density at radius 2 is 1.78 bits per heavy atom. The lowest BCUT2D eigenvalue weighted by Crippen LogP contribution is -2.40. The molecule has 1 heterocycles. The molecule has 1 fully saturated rings. The van der Waals surface area contributed by atoms with E-state index in [-0.39, 0.29) is 17.7 Å². The number of ether oxygens (including phenoxy) is 1. The Hall–Kier alpha value is -2.30. The zero-order valence-corrected chi connectivity index (χ0v) is 16.2. The summed E-state index contributed by atoms with van der Waals surface area (Å²) < 4.78 is 5.17. The first kappa shape index (κ1) is 19.5. The van der Waals surface area contributed by atoms with Crippen molar-refractivity contribution in [2.75, 3.05) is 33.3 Å². The lowest BCUT2D eigenvalue weighted by molar-refractivity contribution is -0.136. The van der Waals surface area contributed by atoms with Gasteiger partial charge in [0, 0.05) is 38.5 Å². The number of methoxy groups -OCH3 is 1. The first-order chi connectivity index (χ1) is 13.2. The normalized spacial score (nSPS) is 20.3. The van der Waals surface area contributed by atoms with Crippen molar-refractivity contribution >= 4 is 11.8 Å². The maximum absolute atomic E-state index is 12.7. The Balaban J connectivity index is 1.47. The maximum atomic E-state index is 12.7. The average Bonchev–Trinajstić information content (AvgIpc) is 2.99. The summed E-state index contributed by atoms with van der Waals surface area (Å²) in [4.78, 5) is 29.2. The Labute approximate surface area is 162 Å². The SMILES string of the molecule is COc1ccc(CCC(=O)N2CCCN(C(=O)[C@H]3CC=CCC3)CC2)cc1. The smallest absolute Gasteiger partial charge is 0.226 e. The molecule has 146 valence electrons. The van der Waals surface area contributed by atoms with Crippen molar-refractivity contribution in [1.82, 2.24) is 9.80 Å². The molecular formula is C22H30N2O3. The van der Waals surface area contributed by atoms with Crippen molar-refractivity contribution < 1.29 is 14.3 Å². The second-order valence-electron chi connectivity index (χ2n) is 7.39. The summed E-state index contributed by atoms with van der Waals surface area (Å²) in [6, 6.07) is 7.87. The van der Waals surface area contributed by atoms with Crippen molar-refractivity contribution in [3.8, 4) is 5.75 Å². The van der Waals surface area contributed by atoms with E-state index in [0.29, 0.717) is 19.5 Å². The molecule has 1 aliphatic heterocycles. The van der Waals surface area contributed by atoms with E-state index in [2.05, 4.69) is 12.2 Å². The van der Waals surface area contributed by atoms with E-state index in [1.54, 1.807) is 7.11 Å². The van der Waals surface area contributed by atoms with Crippen molar-refractivity contribution in [1.29, 1.82) is 0 Å². The first-order valence-electron chi connectivity index (χ1n) is 10.0. The van der Waals surface area contributed by atoms with Gasteiger partial charge in [0.05, 0.1) is 7.11 Å². The van der Waals surface area contributed by atoms with Crippen molar-refractivity contribution in [3.63, 3.8) is 0 Å². The molecule has 1 saturated heterocycles. The second kappa shape index (κ2) is 9.58. The number of carbonyl (C=O) groups is 2. The number of nitrogens with zero attached hydrogens (tertiary/aromatic N) is 2. The van der Waals surface area contributed by atoms with Crippen LogP contribution in [-0.2, 0) is 16.0 Å². The molecule has 2 aliphatic rings. The summed E-state index contributed by atoms with van der Waals surface area (Å²) in [6.45, 7) is 2.82. The van der Waals surface area contributed by atoms with Crippen LogP contribution in [-0.4, -0.2) is 54.9 Å². The highest BCUT2D eigenvalue weighted by Gasteiger charge is 2.27. The third-order valence-corrected chi connectivity index (χ3v) is 5.57. The van der Waals surface area contributed by atoms with Gasteiger partial charge >= 0.3 is 0 Å². The molecule has 1 atom stereocenters. The standard InChI is InChI=1S/C22H30N2O3/c1-27-20-11-8-18(9-12-20)10-13-21(25)23-14-5-15-24(17-16-23)22(26)19-6-3-2-4-7-19/h2-3,8-9,11-12,19H,4-7,10,13-17H2,1H3/t19-/m0/s1. The minimum atomic E-state index is 0.132. The molecule has 0 N–H and O–H groups in total. The number of carbonyl (C=O) groups excluding carboxylic acids is 2. The van der Waals surface area contributed by atoms with Gasteiger partial charge in [-0.05, 0) is 49.8 Å². The molecule has 2 amide bonds. The summed E-state index contributed by atoms with van der Waals surface area (Å²) in [5.41, 5.74) is 1.14. The molecule has 0 spiro atoms. The number of benzene rings is 1. The fourth-order valence-corrected chi connectivity index (χ4v) is 3.86. The van der Waals surface area contributed by atoms with Gasteiger partial charge in [0.2, 0.25) is 11.8 Å². The van der Waals surface area contributed by atoms with Crippen LogP contribution < -0.4 is 4.74 Å². The molecule has 0 radical (unpaired) electrons. The molecule has 1 aromatic rings.